The maximum Gasteiger partial charge on any atom is 0.0220 e. The van der Waals surface area contributed by atoms with Gasteiger partial charge in [0.1, 0.15) is 0 Å². The van der Waals surface area contributed by atoms with Crippen LogP contribution in [0.4, 0.5) is 0 Å². The highest BCUT2D eigenvalue weighted by molar-refractivity contribution is 9.10. The van der Waals surface area contributed by atoms with E-state index < -0.39 is 0 Å². The summed E-state index contributed by atoms with van der Waals surface area (Å²) in [4.78, 5) is 0. The van der Waals surface area contributed by atoms with Crippen LogP contribution in [0.1, 0.15) is 37.7 Å². The average Bonchev–Trinajstić information content (AvgIpc) is 3.08. The molecule has 1 heterocycles. The fourth-order valence-electron chi connectivity index (χ4n) is 3.68. The van der Waals surface area contributed by atoms with Gasteiger partial charge in [-0.15, -0.1) is 0 Å². The van der Waals surface area contributed by atoms with Gasteiger partial charge in [-0.1, -0.05) is 40.5 Å². The van der Waals surface area contributed by atoms with Crippen molar-refractivity contribution >= 4 is 15.9 Å². The molecule has 2 N–H and O–H groups in total. The molecule has 0 amide bonds. The molecule has 104 valence electrons. The third-order valence-corrected chi connectivity index (χ3v) is 5.47. The molecule has 0 aromatic heterocycles. The van der Waals surface area contributed by atoms with Crippen molar-refractivity contribution in [3.63, 3.8) is 0 Å². The second-order valence-electron chi connectivity index (χ2n) is 5.88. The standard InChI is InChI=1S/C16H23BrN2/c17-14-7-2-1-5-12(14)11-19-16-8-3-6-13(16)15-9-4-10-18-15/h1-2,5,7,13,15-16,18-19H,3-4,6,8-11H2. The van der Waals surface area contributed by atoms with Crippen molar-refractivity contribution in [1.82, 2.24) is 10.6 Å². The molecule has 1 aliphatic heterocycles. The van der Waals surface area contributed by atoms with Crippen molar-refractivity contribution in [3.05, 3.63) is 34.3 Å². The Kier molecular flexibility index (Phi) is 4.57. The number of halogens is 1. The van der Waals surface area contributed by atoms with E-state index in [4.69, 9.17) is 0 Å². The van der Waals surface area contributed by atoms with E-state index >= 15 is 0 Å². The monoisotopic (exact) mass is 322 g/mol. The van der Waals surface area contributed by atoms with Crippen LogP contribution >= 0.6 is 15.9 Å². The van der Waals surface area contributed by atoms with Crippen LogP contribution in [0.5, 0.6) is 0 Å². The number of hydrogen-bond donors (Lipinski definition) is 2. The van der Waals surface area contributed by atoms with E-state index in [0.29, 0.717) is 6.04 Å². The van der Waals surface area contributed by atoms with Gasteiger partial charge in [-0.2, -0.15) is 0 Å². The Morgan fingerprint density at radius 3 is 2.84 bits per heavy atom. The quantitative estimate of drug-likeness (QED) is 0.887. The molecule has 3 atom stereocenters. The Morgan fingerprint density at radius 2 is 2.05 bits per heavy atom. The Morgan fingerprint density at radius 1 is 1.16 bits per heavy atom. The first kappa shape index (κ1) is 13.6. The maximum absolute atomic E-state index is 3.80. The summed E-state index contributed by atoms with van der Waals surface area (Å²) in [6, 6.07) is 9.99. The van der Waals surface area contributed by atoms with Gasteiger partial charge in [-0.25, -0.2) is 0 Å². The molecule has 2 fully saturated rings. The van der Waals surface area contributed by atoms with Crippen molar-refractivity contribution in [2.45, 2.75) is 50.7 Å². The van der Waals surface area contributed by atoms with Crippen LogP contribution in [-0.4, -0.2) is 18.6 Å². The van der Waals surface area contributed by atoms with Crippen molar-refractivity contribution < 1.29 is 0 Å². The van der Waals surface area contributed by atoms with Crippen molar-refractivity contribution in [2.75, 3.05) is 6.54 Å². The lowest BCUT2D eigenvalue weighted by Gasteiger charge is -2.27. The highest BCUT2D eigenvalue weighted by Gasteiger charge is 2.34. The smallest absolute Gasteiger partial charge is 0.0220 e. The Labute approximate surface area is 124 Å². The SMILES string of the molecule is Brc1ccccc1CNC1CCCC1C1CCCN1. The van der Waals surface area contributed by atoms with Crippen molar-refractivity contribution in [3.8, 4) is 0 Å². The van der Waals surface area contributed by atoms with Crippen LogP contribution < -0.4 is 10.6 Å². The van der Waals surface area contributed by atoms with E-state index in [9.17, 15) is 0 Å². The Hall–Kier alpha value is -0.380. The first-order chi connectivity index (χ1) is 9.34. The van der Waals surface area contributed by atoms with Gasteiger partial charge in [0.25, 0.3) is 0 Å². The molecule has 1 aromatic carbocycles. The summed E-state index contributed by atoms with van der Waals surface area (Å²) in [5.74, 6) is 0.838. The maximum atomic E-state index is 3.80. The normalized spacial score (nSPS) is 30.9. The summed E-state index contributed by atoms with van der Waals surface area (Å²) in [5, 5.41) is 7.48. The zero-order valence-electron chi connectivity index (χ0n) is 11.4. The molecule has 0 radical (unpaired) electrons. The van der Waals surface area contributed by atoms with Crippen LogP contribution in [0.15, 0.2) is 28.7 Å². The number of rotatable bonds is 4. The van der Waals surface area contributed by atoms with Crippen LogP contribution in [0.25, 0.3) is 0 Å². The van der Waals surface area contributed by atoms with Crippen LogP contribution in [-0.2, 0) is 6.54 Å². The first-order valence-corrected chi connectivity index (χ1v) is 8.34. The van der Waals surface area contributed by atoms with Crippen molar-refractivity contribution in [2.24, 2.45) is 5.92 Å². The van der Waals surface area contributed by atoms with Gasteiger partial charge < -0.3 is 10.6 Å². The summed E-state index contributed by atoms with van der Waals surface area (Å²) < 4.78 is 1.22. The zero-order valence-corrected chi connectivity index (χ0v) is 13.0. The zero-order chi connectivity index (χ0) is 13.1. The minimum atomic E-state index is 0.697. The molecule has 1 saturated heterocycles. The van der Waals surface area contributed by atoms with Crippen LogP contribution in [0, 0.1) is 5.92 Å². The summed E-state index contributed by atoms with van der Waals surface area (Å²) >= 11 is 3.63. The molecule has 1 saturated carbocycles. The van der Waals surface area contributed by atoms with Gasteiger partial charge in [0.2, 0.25) is 0 Å². The highest BCUT2D eigenvalue weighted by Crippen LogP contribution is 2.32. The molecule has 1 aromatic rings. The molecule has 1 aliphatic carbocycles. The molecular formula is C16H23BrN2. The lowest BCUT2D eigenvalue weighted by Crippen LogP contribution is -2.41. The van der Waals surface area contributed by atoms with E-state index in [1.54, 1.807) is 0 Å². The fourth-order valence-corrected chi connectivity index (χ4v) is 4.11. The minimum Gasteiger partial charge on any atom is -0.314 e. The van der Waals surface area contributed by atoms with Crippen LogP contribution in [0.3, 0.4) is 0 Å². The van der Waals surface area contributed by atoms with E-state index in [1.807, 2.05) is 0 Å². The second kappa shape index (κ2) is 6.38. The third kappa shape index (κ3) is 3.21. The fraction of sp³-hybridized carbons (Fsp3) is 0.625. The molecule has 3 unspecified atom stereocenters. The van der Waals surface area contributed by atoms with Gasteiger partial charge in [0.05, 0.1) is 0 Å². The predicted molar refractivity (Wildman–Crippen MR) is 83.1 cm³/mol. The van der Waals surface area contributed by atoms with E-state index in [1.165, 1.54) is 48.7 Å². The summed E-state index contributed by atoms with van der Waals surface area (Å²) in [6.45, 7) is 2.20. The number of hydrogen-bond acceptors (Lipinski definition) is 2. The van der Waals surface area contributed by atoms with Gasteiger partial charge in [-0.3, -0.25) is 0 Å². The van der Waals surface area contributed by atoms with Gasteiger partial charge >= 0.3 is 0 Å². The van der Waals surface area contributed by atoms with Crippen molar-refractivity contribution in [1.29, 1.82) is 0 Å². The lowest BCUT2D eigenvalue weighted by atomic mass is 9.93. The summed E-state index contributed by atoms with van der Waals surface area (Å²) in [6.07, 6.45) is 6.85. The molecule has 3 heteroatoms. The van der Waals surface area contributed by atoms with E-state index in [-0.39, 0.29) is 0 Å². The molecule has 0 spiro atoms. The Bertz CT molecular complexity index is 415. The summed E-state index contributed by atoms with van der Waals surface area (Å²) in [5.41, 5.74) is 1.37. The first-order valence-electron chi connectivity index (χ1n) is 7.55. The molecule has 3 rings (SSSR count). The van der Waals surface area contributed by atoms with E-state index in [2.05, 4.69) is 50.8 Å². The average molecular weight is 323 g/mol. The van der Waals surface area contributed by atoms with Gasteiger partial charge in [-0.05, 0) is 49.8 Å². The summed E-state index contributed by atoms with van der Waals surface area (Å²) in [7, 11) is 0. The van der Waals surface area contributed by atoms with Gasteiger partial charge in [0.15, 0.2) is 0 Å². The molecule has 2 nitrogen and oxygen atoms in total. The molecule has 19 heavy (non-hydrogen) atoms. The molecule has 2 aliphatic rings. The Balaban J connectivity index is 1.58. The topological polar surface area (TPSA) is 24.1 Å². The second-order valence-corrected chi connectivity index (χ2v) is 6.73. The molecular weight excluding hydrogens is 300 g/mol. The lowest BCUT2D eigenvalue weighted by molar-refractivity contribution is 0.320. The highest BCUT2D eigenvalue weighted by atomic mass is 79.9. The van der Waals surface area contributed by atoms with Gasteiger partial charge in [0, 0.05) is 23.1 Å². The molecule has 0 bridgehead atoms. The van der Waals surface area contributed by atoms with E-state index in [0.717, 1.165) is 18.5 Å². The minimum absolute atomic E-state index is 0.697. The number of benzene rings is 1. The largest absolute Gasteiger partial charge is 0.314 e. The predicted octanol–water partition coefficient (Wildman–Crippen LogP) is 3.46. The third-order valence-electron chi connectivity index (χ3n) is 4.70. The van der Waals surface area contributed by atoms with Crippen LogP contribution in [0.2, 0.25) is 0 Å². The number of nitrogens with one attached hydrogen (secondary N) is 2.